The number of nitro groups is 1. The van der Waals surface area contributed by atoms with Crippen molar-refractivity contribution in [2.45, 2.75) is 13.5 Å². The van der Waals surface area contributed by atoms with Crippen molar-refractivity contribution in [2.75, 3.05) is 0 Å². The Hall–Kier alpha value is -2.43. The first kappa shape index (κ1) is 13.0. The number of rotatable bonds is 4. The second-order valence-electron chi connectivity index (χ2n) is 4.15. The molecule has 0 N–H and O–H groups in total. The molecule has 0 aliphatic carbocycles. The highest BCUT2D eigenvalue weighted by Gasteiger charge is 2.14. The van der Waals surface area contributed by atoms with Gasteiger partial charge >= 0.3 is 5.69 Å². The summed E-state index contributed by atoms with van der Waals surface area (Å²) in [5.41, 5.74) is 1.39. The van der Waals surface area contributed by atoms with Gasteiger partial charge in [-0.2, -0.15) is 0 Å². The van der Waals surface area contributed by atoms with Crippen LogP contribution in [0.1, 0.15) is 11.1 Å². The molecule has 0 aromatic heterocycles. The molecule has 0 bridgehead atoms. The van der Waals surface area contributed by atoms with Crippen LogP contribution >= 0.6 is 0 Å². The summed E-state index contributed by atoms with van der Waals surface area (Å²) in [5.74, 6) is -0.172. The summed E-state index contributed by atoms with van der Waals surface area (Å²) >= 11 is 0. The minimum Gasteiger partial charge on any atom is -0.482 e. The van der Waals surface area contributed by atoms with E-state index in [0.29, 0.717) is 5.56 Å². The first-order chi connectivity index (χ1) is 9.06. The summed E-state index contributed by atoms with van der Waals surface area (Å²) in [6, 6.07) is 10.6. The van der Waals surface area contributed by atoms with E-state index in [0.717, 1.165) is 5.56 Å². The van der Waals surface area contributed by atoms with E-state index in [1.807, 2.05) is 6.92 Å². The molecule has 0 saturated carbocycles. The maximum atomic E-state index is 13.0. The molecule has 0 aliphatic heterocycles. The average molecular weight is 261 g/mol. The van der Waals surface area contributed by atoms with Crippen molar-refractivity contribution in [1.82, 2.24) is 0 Å². The van der Waals surface area contributed by atoms with Crippen LogP contribution in [0.3, 0.4) is 0 Å². The average Bonchev–Trinajstić information content (AvgIpc) is 2.36. The molecule has 0 saturated heterocycles. The maximum Gasteiger partial charge on any atom is 0.310 e. The Morgan fingerprint density at radius 2 is 2.05 bits per heavy atom. The first-order valence-electron chi connectivity index (χ1n) is 5.68. The van der Waals surface area contributed by atoms with Crippen LogP contribution in [0.25, 0.3) is 0 Å². The van der Waals surface area contributed by atoms with Gasteiger partial charge in [-0.25, -0.2) is 4.39 Å². The second-order valence-corrected chi connectivity index (χ2v) is 4.15. The van der Waals surface area contributed by atoms with Gasteiger partial charge in [-0.3, -0.25) is 10.1 Å². The monoisotopic (exact) mass is 261 g/mol. The van der Waals surface area contributed by atoms with Crippen molar-refractivity contribution >= 4 is 5.69 Å². The Morgan fingerprint density at radius 3 is 2.74 bits per heavy atom. The fourth-order valence-corrected chi connectivity index (χ4v) is 1.68. The Balaban J connectivity index is 2.19. The minimum atomic E-state index is -0.500. The van der Waals surface area contributed by atoms with E-state index in [1.165, 1.54) is 18.2 Å². The summed E-state index contributed by atoms with van der Waals surface area (Å²) < 4.78 is 18.4. The Kier molecular flexibility index (Phi) is 3.75. The topological polar surface area (TPSA) is 52.4 Å². The Bertz CT molecular complexity index is 613. The van der Waals surface area contributed by atoms with Crippen LogP contribution in [-0.2, 0) is 6.61 Å². The first-order valence-corrected chi connectivity index (χ1v) is 5.68. The highest BCUT2D eigenvalue weighted by Crippen LogP contribution is 2.28. The summed E-state index contributed by atoms with van der Waals surface area (Å²) in [6.45, 7) is 1.90. The van der Waals surface area contributed by atoms with Gasteiger partial charge in [0.15, 0.2) is 5.75 Å². The van der Waals surface area contributed by atoms with Crippen LogP contribution in [0.5, 0.6) is 5.75 Å². The van der Waals surface area contributed by atoms with Gasteiger partial charge < -0.3 is 4.74 Å². The molecule has 2 aromatic carbocycles. The van der Waals surface area contributed by atoms with Crippen LogP contribution in [0.15, 0.2) is 42.5 Å². The minimum absolute atomic E-state index is 0.0854. The number of hydrogen-bond acceptors (Lipinski definition) is 3. The quantitative estimate of drug-likeness (QED) is 0.624. The standard InChI is InChI=1S/C14H12FNO3/c1-10-5-6-13(16(17)18)14(7-10)19-9-11-3-2-4-12(15)8-11/h2-8H,9H2,1H3. The van der Waals surface area contributed by atoms with Gasteiger partial charge in [0.1, 0.15) is 12.4 Å². The number of halogens is 1. The van der Waals surface area contributed by atoms with E-state index in [1.54, 1.807) is 24.3 Å². The van der Waals surface area contributed by atoms with E-state index in [2.05, 4.69) is 0 Å². The Morgan fingerprint density at radius 1 is 1.26 bits per heavy atom. The van der Waals surface area contributed by atoms with Gasteiger partial charge in [0, 0.05) is 6.07 Å². The van der Waals surface area contributed by atoms with Gasteiger partial charge in [-0.1, -0.05) is 18.2 Å². The molecule has 0 aliphatic rings. The number of aryl methyl sites for hydroxylation is 1. The highest BCUT2D eigenvalue weighted by atomic mass is 19.1. The van der Waals surface area contributed by atoms with E-state index in [4.69, 9.17) is 4.74 Å². The van der Waals surface area contributed by atoms with Crippen molar-refractivity contribution in [2.24, 2.45) is 0 Å². The molecular formula is C14H12FNO3. The van der Waals surface area contributed by atoms with E-state index < -0.39 is 4.92 Å². The van der Waals surface area contributed by atoms with E-state index >= 15 is 0 Å². The SMILES string of the molecule is Cc1ccc([N+](=O)[O-])c(OCc2cccc(F)c2)c1. The molecule has 0 spiro atoms. The zero-order valence-corrected chi connectivity index (χ0v) is 10.3. The second kappa shape index (κ2) is 5.48. The van der Waals surface area contributed by atoms with Crippen LogP contribution in [0.4, 0.5) is 10.1 Å². The van der Waals surface area contributed by atoms with Gasteiger partial charge in [0.25, 0.3) is 0 Å². The fraction of sp³-hybridized carbons (Fsp3) is 0.143. The molecule has 2 rings (SSSR count). The fourth-order valence-electron chi connectivity index (χ4n) is 1.68. The normalized spacial score (nSPS) is 10.2. The summed E-state index contributed by atoms with van der Waals surface area (Å²) in [4.78, 5) is 10.4. The van der Waals surface area contributed by atoms with Gasteiger partial charge in [0.2, 0.25) is 0 Å². The van der Waals surface area contributed by atoms with Gasteiger partial charge in [-0.05, 0) is 36.2 Å². The predicted octanol–water partition coefficient (Wildman–Crippen LogP) is 3.62. The van der Waals surface area contributed by atoms with Crippen molar-refractivity contribution in [3.63, 3.8) is 0 Å². The van der Waals surface area contributed by atoms with Crippen molar-refractivity contribution in [3.05, 3.63) is 69.5 Å². The molecule has 0 atom stereocenters. The molecule has 0 fully saturated rings. The third kappa shape index (κ3) is 3.28. The molecule has 4 nitrogen and oxygen atoms in total. The van der Waals surface area contributed by atoms with Crippen molar-refractivity contribution in [1.29, 1.82) is 0 Å². The van der Waals surface area contributed by atoms with Gasteiger partial charge in [0.05, 0.1) is 4.92 Å². The van der Waals surface area contributed by atoms with Crippen molar-refractivity contribution in [3.8, 4) is 5.75 Å². The molecule has 2 aromatic rings. The smallest absolute Gasteiger partial charge is 0.310 e. The number of nitro benzene ring substituents is 1. The molecule has 0 unspecified atom stereocenters. The third-order valence-electron chi connectivity index (χ3n) is 2.60. The summed E-state index contributed by atoms with van der Waals surface area (Å²) in [6.07, 6.45) is 0. The van der Waals surface area contributed by atoms with Gasteiger partial charge in [-0.15, -0.1) is 0 Å². The number of hydrogen-bond donors (Lipinski definition) is 0. The van der Waals surface area contributed by atoms with Crippen molar-refractivity contribution < 1.29 is 14.1 Å². The zero-order chi connectivity index (χ0) is 13.8. The lowest BCUT2D eigenvalue weighted by molar-refractivity contribution is -0.386. The lowest BCUT2D eigenvalue weighted by Gasteiger charge is -2.07. The third-order valence-corrected chi connectivity index (χ3v) is 2.60. The van der Waals surface area contributed by atoms with Crippen LogP contribution in [0.2, 0.25) is 0 Å². The number of nitrogens with zero attached hydrogens (tertiary/aromatic N) is 1. The molecule has 98 valence electrons. The molecular weight excluding hydrogens is 249 g/mol. The lowest BCUT2D eigenvalue weighted by Crippen LogP contribution is -1.99. The van der Waals surface area contributed by atoms with Crippen LogP contribution < -0.4 is 4.74 Å². The summed E-state index contributed by atoms with van der Waals surface area (Å²) in [7, 11) is 0. The molecule has 19 heavy (non-hydrogen) atoms. The summed E-state index contributed by atoms with van der Waals surface area (Å²) in [5, 5.41) is 10.9. The lowest BCUT2D eigenvalue weighted by atomic mass is 10.2. The highest BCUT2D eigenvalue weighted by molar-refractivity contribution is 5.48. The molecule has 0 heterocycles. The largest absolute Gasteiger partial charge is 0.482 e. The molecule has 5 heteroatoms. The zero-order valence-electron chi connectivity index (χ0n) is 10.3. The van der Waals surface area contributed by atoms with Crippen LogP contribution in [0, 0.1) is 22.9 Å². The molecule has 0 amide bonds. The number of benzene rings is 2. The predicted molar refractivity (Wildman–Crippen MR) is 68.6 cm³/mol. The number of ether oxygens (including phenoxy) is 1. The van der Waals surface area contributed by atoms with Crippen LogP contribution in [-0.4, -0.2) is 4.92 Å². The molecule has 0 radical (unpaired) electrons. The maximum absolute atomic E-state index is 13.0. The van der Waals surface area contributed by atoms with E-state index in [9.17, 15) is 14.5 Å². The van der Waals surface area contributed by atoms with E-state index in [-0.39, 0.29) is 23.9 Å². The Labute approximate surface area is 109 Å².